The number of carbonyl (C=O) groups is 2. The first-order valence-corrected chi connectivity index (χ1v) is 8.66. The van der Waals surface area contributed by atoms with Gasteiger partial charge in [-0.2, -0.15) is 5.10 Å². The molecule has 1 aromatic heterocycles. The van der Waals surface area contributed by atoms with Crippen molar-refractivity contribution >= 4 is 11.9 Å². The third-order valence-electron chi connectivity index (χ3n) is 4.30. The molecule has 134 valence electrons. The van der Waals surface area contributed by atoms with E-state index in [2.05, 4.69) is 23.0 Å². The molecule has 0 spiro atoms. The number of rotatable bonds is 7. The molecule has 2 heterocycles. The van der Waals surface area contributed by atoms with E-state index in [1.165, 1.54) is 5.69 Å². The molecule has 0 aromatic carbocycles. The number of aryl methyl sites for hydroxylation is 2. The summed E-state index contributed by atoms with van der Waals surface area (Å²) < 4.78 is 6.89. The van der Waals surface area contributed by atoms with Crippen molar-refractivity contribution in [3.8, 4) is 0 Å². The minimum atomic E-state index is -0.297. The summed E-state index contributed by atoms with van der Waals surface area (Å²) in [6.07, 6.45) is 0.412. The van der Waals surface area contributed by atoms with Gasteiger partial charge in [-0.15, -0.1) is 0 Å². The summed E-state index contributed by atoms with van der Waals surface area (Å²) in [5.41, 5.74) is 2.23. The third-order valence-corrected chi connectivity index (χ3v) is 4.30. The van der Waals surface area contributed by atoms with Crippen molar-refractivity contribution in [2.45, 2.75) is 40.2 Å². The number of amides is 1. The molecule has 0 atom stereocenters. The molecule has 2 rings (SSSR count). The number of ether oxygens (including phenoxy) is 1. The minimum Gasteiger partial charge on any atom is -0.466 e. The second-order valence-electron chi connectivity index (χ2n) is 6.18. The molecular weight excluding hydrogens is 308 g/mol. The SMILES string of the molecule is CCOC(=O)CCC(=O)N1CCN(CCn2nc(C)cc2C)CC1. The van der Waals surface area contributed by atoms with E-state index in [1.807, 2.05) is 16.5 Å². The molecule has 1 aliphatic rings. The number of aromatic nitrogens is 2. The van der Waals surface area contributed by atoms with E-state index >= 15 is 0 Å². The molecule has 24 heavy (non-hydrogen) atoms. The van der Waals surface area contributed by atoms with Gasteiger partial charge in [0, 0.05) is 44.8 Å². The number of hydrogen-bond acceptors (Lipinski definition) is 5. The van der Waals surface area contributed by atoms with Crippen molar-refractivity contribution in [3.63, 3.8) is 0 Å². The first kappa shape index (κ1) is 18.4. The predicted molar refractivity (Wildman–Crippen MR) is 90.6 cm³/mol. The van der Waals surface area contributed by atoms with Crippen LogP contribution in [0.3, 0.4) is 0 Å². The Morgan fingerprint density at radius 1 is 1.12 bits per heavy atom. The second-order valence-corrected chi connectivity index (χ2v) is 6.18. The number of hydrogen-bond donors (Lipinski definition) is 0. The van der Waals surface area contributed by atoms with Crippen LogP contribution in [-0.2, 0) is 20.9 Å². The Morgan fingerprint density at radius 2 is 1.83 bits per heavy atom. The van der Waals surface area contributed by atoms with Crippen LogP contribution >= 0.6 is 0 Å². The lowest BCUT2D eigenvalue weighted by molar-refractivity contribution is -0.146. The summed E-state index contributed by atoms with van der Waals surface area (Å²) >= 11 is 0. The van der Waals surface area contributed by atoms with Gasteiger partial charge < -0.3 is 9.64 Å². The van der Waals surface area contributed by atoms with Crippen molar-refractivity contribution in [1.82, 2.24) is 19.6 Å². The van der Waals surface area contributed by atoms with Crippen LogP contribution < -0.4 is 0 Å². The molecule has 1 amide bonds. The largest absolute Gasteiger partial charge is 0.466 e. The lowest BCUT2D eigenvalue weighted by Crippen LogP contribution is -2.49. The van der Waals surface area contributed by atoms with Crippen LogP contribution in [0.2, 0.25) is 0 Å². The van der Waals surface area contributed by atoms with Gasteiger partial charge in [0.1, 0.15) is 0 Å². The van der Waals surface area contributed by atoms with Crippen LogP contribution in [0.15, 0.2) is 6.07 Å². The Kier molecular flexibility index (Phi) is 6.78. The van der Waals surface area contributed by atoms with Gasteiger partial charge in [0.2, 0.25) is 5.91 Å². The fourth-order valence-corrected chi connectivity index (χ4v) is 2.96. The van der Waals surface area contributed by atoms with Crippen LogP contribution in [0.5, 0.6) is 0 Å². The number of esters is 1. The van der Waals surface area contributed by atoms with E-state index < -0.39 is 0 Å². The molecule has 7 heteroatoms. The monoisotopic (exact) mass is 336 g/mol. The Morgan fingerprint density at radius 3 is 2.42 bits per heavy atom. The molecule has 1 aromatic rings. The quantitative estimate of drug-likeness (QED) is 0.695. The first-order chi connectivity index (χ1) is 11.5. The summed E-state index contributed by atoms with van der Waals surface area (Å²) in [7, 11) is 0. The maximum atomic E-state index is 12.1. The Bertz CT molecular complexity index is 562. The van der Waals surface area contributed by atoms with Gasteiger partial charge in [-0.3, -0.25) is 19.2 Å². The Balaban J connectivity index is 1.68. The molecule has 0 saturated carbocycles. The highest BCUT2D eigenvalue weighted by Gasteiger charge is 2.21. The zero-order chi connectivity index (χ0) is 17.5. The summed E-state index contributed by atoms with van der Waals surface area (Å²) in [4.78, 5) is 27.6. The van der Waals surface area contributed by atoms with Crippen molar-refractivity contribution in [2.24, 2.45) is 0 Å². The Hall–Kier alpha value is -1.89. The van der Waals surface area contributed by atoms with Crippen LogP contribution in [0, 0.1) is 13.8 Å². The summed E-state index contributed by atoms with van der Waals surface area (Å²) in [6.45, 7) is 11.2. The molecule has 0 radical (unpaired) electrons. The van der Waals surface area contributed by atoms with Gasteiger partial charge in [0.25, 0.3) is 0 Å². The van der Waals surface area contributed by atoms with Crippen LogP contribution in [0.1, 0.15) is 31.2 Å². The van der Waals surface area contributed by atoms with E-state index in [4.69, 9.17) is 4.74 Å². The molecule has 0 bridgehead atoms. The molecular formula is C17H28N4O3. The summed E-state index contributed by atoms with van der Waals surface area (Å²) in [5, 5.41) is 4.48. The zero-order valence-corrected chi connectivity index (χ0v) is 15.0. The van der Waals surface area contributed by atoms with Gasteiger partial charge in [0.05, 0.1) is 25.3 Å². The fraction of sp³-hybridized carbons (Fsp3) is 0.706. The standard InChI is InChI=1S/C17H28N4O3/c1-4-24-17(23)6-5-16(22)20-10-7-19(8-11-20)9-12-21-15(3)13-14(2)18-21/h13H,4-12H2,1-3H3. The maximum Gasteiger partial charge on any atom is 0.306 e. The highest BCUT2D eigenvalue weighted by Crippen LogP contribution is 2.07. The van der Waals surface area contributed by atoms with E-state index in [0.717, 1.165) is 45.0 Å². The number of piperazine rings is 1. The van der Waals surface area contributed by atoms with Crippen molar-refractivity contribution in [1.29, 1.82) is 0 Å². The molecule has 0 N–H and O–H groups in total. The molecule has 7 nitrogen and oxygen atoms in total. The highest BCUT2D eigenvalue weighted by molar-refractivity contribution is 5.81. The Labute approximate surface area is 143 Å². The van der Waals surface area contributed by atoms with E-state index in [9.17, 15) is 9.59 Å². The third kappa shape index (κ3) is 5.33. The normalized spacial score (nSPS) is 15.5. The minimum absolute atomic E-state index is 0.0428. The van der Waals surface area contributed by atoms with Gasteiger partial charge >= 0.3 is 5.97 Å². The number of nitrogens with zero attached hydrogens (tertiary/aromatic N) is 4. The van der Waals surface area contributed by atoms with Crippen LogP contribution in [0.25, 0.3) is 0 Å². The second kappa shape index (κ2) is 8.82. The van der Waals surface area contributed by atoms with Gasteiger partial charge in [-0.05, 0) is 26.8 Å². The molecule has 1 aliphatic heterocycles. The smallest absolute Gasteiger partial charge is 0.306 e. The molecule has 0 aliphatic carbocycles. The number of carbonyl (C=O) groups excluding carboxylic acids is 2. The maximum absolute atomic E-state index is 12.1. The predicted octanol–water partition coefficient (Wildman–Crippen LogP) is 0.987. The highest BCUT2D eigenvalue weighted by atomic mass is 16.5. The fourth-order valence-electron chi connectivity index (χ4n) is 2.96. The van der Waals surface area contributed by atoms with E-state index in [1.54, 1.807) is 6.92 Å². The average molecular weight is 336 g/mol. The molecule has 1 saturated heterocycles. The first-order valence-electron chi connectivity index (χ1n) is 8.66. The average Bonchev–Trinajstić information content (AvgIpc) is 2.89. The van der Waals surface area contributed by atoms with Crippen molar-refractivity contribution in [3.05, 3.63) is 17.5 Å². The lowest BCUT2D eigenvalue weighted by atomic mass is 10.2. The summed E-state index contributed by atoms with van der Waals surface area (Å²) in [6, 6.07) is 2.08. The lowest BCUT2D eigenvalue weighted by Gasteiger charge is -2.34. The topological polar surface area (TPSA) is 67.7 Å². The molecule has 0 unspecified atom stereocenters. The van der Waals surface area contributed by atoms with Crippen molar-refractivity contribution in [2.75, 3.05) is 39.3 Å². The zero-order valence-electron chi connectivity index (χ0n) is 15.0. The molecule has 1 fully saturated rings. The van der Waals surface area contributed by atoms with E-state index in [-0.39, 0.29) is 24.7 Å². The van der Waals surface area contributed by atoms with E-state index in [0.29, 0.717) is 6.61 Å². The van der Waals surface area contributed by atoms with Crippen molar-refractivity contribution < 1.29 is 14.3 Å². The van der Waals surface area contributed by atoms with Gasteiger partial charge in [-0.1, -0.05) is 0 Å². The van der Waals surface area contributed by atoms with Gasteiger partial charge in [-0.25, -0.2) is 0 Å². The summed E-state index contributed by atoms with van der Waals surface area (Å²) in [5.74, 6) is -0.254. The van der Waals surface area contributed by atoms with Crippen LogP contribution in [-0.4, -0.2) is 70.8 Å². The van der Waals surface area contributed by atoms with Crippen LogP contribution in [0.4, 0.5) is 0 Å². The van der Waals surface area contributed by atoms with Gasteiger partial charge in [0.15, 0.2) is 0 Å².